The molecule has 1 N–H and O–H groups in total. The minimum absolute atomic E-state index is 0.0954. The van der Waals surface area contributed by atoms with E-state index >= 15 is 0 Å². The Hall–Kier alpha value is -2.15. The number of amides is 1. The van der Waals surface area contributed by atoms with Gasteiger partial charge in [0.05, 0.1) is 12.2 Å². The summed E-state index contributed by atoms with van der Waals surface area (Å²) in [7, 11) is 0. The van der Waals surface area contributed by atoms with Gasteiger partial charge in [-0.15, -0.1) is 0 Å². The van der Waals surface area contributed by atoms with Gasteiger partial charge in [0.15, 0.2) is 5.11 Å². The fourth-order valence-electron chi connectivity index (χ4n) is 2.33. The van der Waals surface area contributed by atoms with Crippen molar-refractivity contribution in [2.75, 3.05) is 38.1 Å². The van der Waals surface area contributed by atoms with Crippen LogP contribution in [0.25, 0.3) is 0 Å². The summed E-state index contributed by atoms with van der Waals surface area (Å²) in [5.41, 5.74) is 1.33. The van der Waals surface area contributed by atoms with Gasteiger partial charge >= 0.3 is 5.97 Å². The number of anilines is 1. The zero-order valence-electron chi connectivity index (χ0n) is 13.4. The number of carbonyl (C=O) groups excluding carboxylic acids is 2. The van der Waals surface area contributed by atoms with Gasteiger partial charge in [0.1, 0.15) is 0 Å². The van der Waals surface area contributed by atoms with Crippen LogP contribution >= 0.6 is 12.2 Å². The third kappa shape index (κ3) is 4.66. The zero-order chi connectivity index (χ0) is 16.8. The molecule has 0 unspecified atom stereocenters. The number of carbonyl (C=O) groups is 2. The van der Waals surface area contributed by atoms with Gasteiger partial charge in [0, 0.05) is 38.8 Å². The highest BCUT2D eigenvalue weighted by molar-refractivity contribution is 7.80. The quantitative estimate of drug-likeness (QED) is 0.670. The van der Waals surface area contributed by atoms with E-state index in [1.54, 1.807) is 38.1 Å². The maximum Gasteiger partial charge on any atom is 0.338 e. The molecule has 1 aromatic carbocycles. The summed E-state index contributed by atoms with van der Waals surface area (Å²) in [6.07, 6.45) is 0. The van der Waals surface area contributed by atoms with E-state index in [0.717, 1.165) is 5.69 Å². The van der Waals surface area contributed by atoms with Gasteiger partial charge in [-0.2, -0.15) is 0 Å². The van der Waals surface area contributed by atoms with Gasteiger partial charge in [-0.1, -0.05) is 0 Å². The van der Waals surface area contributed by atoms with Crippen molar-refractivity contribution in [3.63, 3.8) is 0 Å². The number of thiocarbonyl (C=S) groups is 1. The maximum absolute atomic E-state index is 11.6. The average molecular weight is 335 g/mol. The normalized spacial score (nSPS) is 14.3. The van der Waals surface area contributed by atoms with Crippen molar-refractivity contribution < 1.29 is 14.3 Å². The predicted molar refractivity (Wildman–Crippen MR) is 92.4 cm³/mol. The van der Waals surface area contributed by atoms with E-state index in [-0.39, 0.29) is 11.9 Å². The first-order chi connectivity index (χ1) is 11.0. The van der Waals surface area contributed by atoms with Crippen LogP contribution in [0.2, 0.25) is 0 Å². The Labute approximate surface area is 141 Å². The molecule has 1 aliphatic rings. The Morgan fingerprint density at radius 3 is 2.22 bits per heavy atom. The van der Waals surface area contributed by atoms with Crippen LogP contribution in [0.5, 0.6) is 0 Å². The molecule has 1 heterocycles. The van der Waals surface area contributed by atoms with Crippen molar-refractivity contribution in [3.8, 4) is 0 Å². The lowest BCUT2D eigenvalue weighted by Crippen LogP contribution is -2.51. The fourth-order valence-corrected chi connectivity index (χ4v) is 2.63. The topological polar surface area (TPSA) is 61.9 Å². The maximum atomic E-state index is 11.6. The number of piperazine rings is 1. The van der Waals surface area contributed by atoms with Crippen molar-refractivity contribution in [2.45, 2.75) is 13.8 Å². The Bertz CT molecular complexity index is 581. The summed E-state index contributed by atoms with van der Waals surface area (Å²) in [5, 5.41) is 3.78. The summed E-state index contributed by atoms with van der Waals surface area (Å²) in [5.74, 6) is -0.236. The lowest BCUT2D eigenvalue weighted by atomic mass is 10.2. The Balaban J connectivity index is 1.88. The number of rotatable bonds is 3. The predicted octanol–water partition coefficient (Wildman–Crippen LogP) is 1.72. The molecule has 0 saturated carbocycles. The molecule has 124 valence electrons. The molecular weight excluding hydrogens is 314 g/mol. The second-order valence-electron chi connectivity index (χ2n) is 5.22. The van der Waals surface area contributed by atoms with Crippen LogP contribution < -0.4 is 5.32 Å². The van der Waals surface area contributed by atoms with Crippen LogP contribution in [0, 0.1) is 0 Å². The summed E-state index contributed by atoms with van der Waals surface area (Å²) >= 11 is 5.41. The molecule has 0 aliphatic carbocycles. The first-order valence-electron chi connectivity index (χ1n) is 7.60. The molecular formula is C16H21N3O3S. The van der Waals surface area contributed by atoms with E-state index in [9.17, 15) is 9.59 Å². The van der Waals surface area contributed by atoms with E-state index < -0.39 is 0 Å². The number of esters is 1. The summed E-state index contributed by atoms with van der Waals surface area (Å²) in [4.78, 5) is 26.8. The summed E-state index contributed by atoms with van der Waals surface area (Å²) in [6, 6.07) is 7.00. The average Bonchev–Trinajstić information content (AvgIpc) is 2.55. The van der Waals surface area contributed by atoms with Gasteiger partial charge < -0.3 is 19.9 Å². The van der Waals surface area contributed by atoms with Crippen LogP contribution in [-0.2, 0) is 9.53 Å². The molecule has 1 fully saturated rings. The third-order valence-corrected chi connectivity index (χ3v) is 4.02. The van der Waals surface area contributed by atoms with Crippen molar-refractivity contribution in [1.29, 1.82) is 0 Å². The number of nitrogens with zero attached hydrogens (tertiary/aromatic N) is 2. The molecule has 6 nitrogen and oxygen atoms in total. The van der Waals surface area contributed by atoms with Crippen LogP contribution in [0.3, 0.4) is 0 Å². The molecule has 7 heteroatoms. The van der Waals surface area contributed by atoms with Gasteiger partial charge in [0.25, 0.3) is 0 Å². The first kappa shape index (κ1) is 17.2. The molecule has 0 aromatic heterocycles. The molecule has 23 heavy (non-hydrogen) atoms. The highest BCUT2D eigenvalue weighted by atomic mass is 32.1. The number of nitrogens with one attached hydrogen (secondary N) is 1. The van der Waals surface area contributed by atoms with Crippen LogP contribution in [0.4, 0.5) is 5.69 Å². The molecule has 0 bridgehead atoms. The molecule has 1 aromatic rings. The molecule has 1 aliphatic heterocycles. The van der Waals surface area contributed by atoms with Crippen LogP contribution in [-0.4, -0.2) is 59.6 Å². The SMILES string of the molecule is CCOC(=O)c1ccc(NC(=S)N2CCN(C(C)=O)CC2)cc1. The number of benzene rings is 1. The number of hydrogen-bond donors (Lipinski definition) is 1. The lowest BCUT2D eigenvalue weighted by molar-refractivity contribution is -0.130. The summed E-state index contributed by atoms with van der Waals surface area (Å²) < 4.78 is 4.95. The smallest absolute Gasteiger partial charge is 0.338 e. The Kier molecular flexibility index (Phi) is 5.92. The van der Waals surface area contributed by atoms with E-state index in [4.69, 9.17) is 17.0 Å². The first-order valence-corrected chi connectivity index (χ1v) is 8.00. The van der Waals surface area contributed by atoms with Gasteiger partial charge in [-0.05, 0) is 43.4 Å². The zero-order valence-corrected chi connectivity index (χ0v) is 14.2. The third-order valence-electron chi connectivity index (χ3n) is 3.66. The second kappa shape index (κ2) is 7.92. The monoisotopic (exact) mass is 335 g/mol. The Morgan fingerprint density at radius 2 is 1.70 bits per heavy atom. The lowest BCUT2D eigenvalue weighted by Gasteiger charge is -2.35. The van der Waals surface area contributed by atoms with Gasteiger partial charge in [-0.3, -0.25) is 4.79 Å². The number of hydrogen-bond acceptors (Lipinski definition) is 4. The van der Waals surface area contributed by atoms with Gasteiger partial charge in [-0.25, -0.2) is 4.79 Å². The van der Waals surface area contributed by atoms with Crippen molar-refractivity contribution >= 4 is 34.9 Å². The molecule has 1 amide bonds. The fraction of sp³-hybridized carbons (Fsp3) is 0.438. The summed E-state index contributed by atoms with van der Waals surface area (Å²) in [6.45, 7) is 6.50. The van der Waals surface area contributed by atoms with E-state index in [0.29, 0.717) is 43.5 Å². The molecule has 0 radical (unpaired) electrons. The number of ether oxygens (including phenoxy) is 1. The molecule has 1 saturated heterocycles. The van der Waals surface area contributed by atoms with E-state index in [2.05, 4.69) is 5.32 Å². The van der Waals surface area contributed by atoms with Crippen LogP contribution in [0.1, 0.15) is 24.2 Å². The van der Waals surface area contributed by atoms with Crippen molar-refractivity contribution in [3.05, 3.63) is 29.8 Å². The van der Waals surface area contributed by atoms with Gasteiger partial charge in [0.2, 0.25) is 5.91 Å². The molecule has 0 atom stereocenters. The largest absolute Gasteiger partial charge is 0.462 e. The van der Waals surface area contributed by atoms with Crippen molar-refractivity contribution in [1.82, 2.24) is 9.80 Å². The minimum Gasteiger partial charge on any atom is -0.462 e. The molecule has 0 spiro atoms. The second-order valence-corrected chi connectivity index (χ2v) is 5.61. The molecule has 2 rings (SSSR count). The highest BCUT2D eigenvalue weighted by Gasteiger charge is 2.20. The van der Waals surface area contributed by atoms with Crippen LogP contribution in [0.15, 0.2) is 24.3 Å². The Morgan fingerprint density at radius 1 is 1.13 bits per heavy atom. The highest BCUT2D eigenvalue weighted by Crippen LogP contribution is 2.12. The van der Waals surface area contributed by atoms with Crippen molar-refractivity contribution in [2.24, 2.45) is 0 Å². The van der Waals surface area contributed by atoms with E-state index in [1.807, 2.05) is 9.80 Å². The minimum atomic E-state index is -0.331. The standard InChI is InChI=1S/C16H21N3O3S/c1-3-22-15(21)13-4-6-14(7-5-13)17-16(23)19-10-8-18(9-11-19)12(2)20/h4-7H,3,8-11H2,1-2H3,(H,17,23). The van der Waals surface area contributed by atoms with E-state index in [1.165, 1.54) is 0 Å².